The zero-order chi connectivity index (χ0) is 15.3. The Balaban J connectivity index is 2.04. The van der Waals surface area contributed by atoms with E-state index in [1.807, 2.05) is 6.92 Å². The van der Waals surface area contributed by atoms with Gasteiger partial charge in [0.05, 0.1) is 11.5 Å². The third-order valence-corrected chi connectivity index (χ3v) is 5.83. The summed E-state index contributed by atoms with van der Waals surface area (Å²) in [4.78, 5) is 0.336. The summed E-state index contributed by atoms with van der Waals surface area (Å²) < 4.78 is 32.1. The van der Waals surface area contributed by atoms with E-state index in [0.717, 1.165) is 19.3 Å². The van der Waals surface area contributed by atoms with Gasteiger partial charge in [0, 0.05) is 13.1 Å². The van der Waals surface area contributed by atoms with Crippen molar-refractivity contribution in [2.24, 2.45) is 11.7 Å². The Kier molecular flexibility index (Phi) is 5.61. The zero-order valence-corrected chi connectivity index (χ0v) is 13.3. The largest absolute Gasteiger partial charge is 0.494 e. The molecule has 0 spiro atoms. The first-order valence-corrected chi connectivity index (χ1v) is 8.95. The quantitative estimate of drug-likeness (QED) is 0.870. The number of sulfonamides is 1. The van der Waals surface area contributed by atoms with E-state index in [1.165, 1.54) is 0 Å². The highest BCUT2D eigenvalue weighted by Crippen LogP contribution is 2.26. The Morgan fingerprint density at radius 1 is 1.24 bits per heavy atom. The molecular weight excluding hydrogens is 288 g/mol. The van der Waals surface area contributed by atoms with E-state index in [4.69, 9.17) is 10.5 Å². The molecule has 1 saturated heterocycles. The van der Waals surface area contributed by atoms with Crippen molar-refractivity contribution in [2.75, 3.05) is 26.2 Å². The molecule has 21 heavy (non-hydrogen) atoms. The molecule has 0 amide bonds. The molecule has 0 unspecified atom stereocenters. The highest BCUT2D eigenvalue weighted by molar-refractivity contribution is 7.89. The number of hydrogen-bond donors (Lipinski definition) is 1. The van der Waals surface area contributed by atoms with Crippen molar-refractivity contribution in [3.05, 3.63) is 24.3 Å². The van der Waals surface area contributed by atoms with Crippen LogP contribution in [-0.4, -0.2) is 39.0 Å². The van der Waals surface area contributed by atoms with Gasteiger partial charge in [-0.1, -0.05) is 0 Å². The van der Waals surface area contributed by atoms with Gasteiger partial charge in [-0.3, -0.25) is 0 Å². The Labute approximate surface area is 127 Å². The second-order valence-corrected chi connectivity index (χ2v) is 7.27. The van der Waals surface area contributed by atoms with E-state index in [1.54, 1.807) is 28.6 Å². The SMILES string of the molecule is CCOc1ccc(S(=O)(=O)N2CCC(CCN)CC2)cc1. The molecule has 1 aromatic carbocycles. The van der Waals surface area contributed by atoms with Crippen molar-refractivity contribution in [2.45, 2.75) is 31.1 Å². The highest BCUT2D eigenvalue weighted by Gasteiger charge is 2.28. The smallest absolute Gasteiger partial charge is 0.243 e. The van der Waals surface area contributed by atoms with E-state index in [2.05, 4.69) is 0 Å². The van der Waals surface area contributed by atoms with Gasteiger partial charge >= 0.3 is 0 Å². The molecule has 2 N–H and O–H groups in total. The molecule has 1 aliphatic heterocycles. The Hall–Kier alpha value is -1.11. The van der Waals surface area contributed by atoms with Gasteiger partial charge in [-0.05, 0) is 62.9 Å². The normalized spacial score (nSPS) is 17.8. The van der Waals surface area contributed by atoms with Crippen LogP contribution in [0.25, 0.3) is 0 Å². The van der Waals surface area contributed by atoms with Gasteiger partial charge in [-0.15, -0.1) is 0 Å². The number of hydrogen-bond acceptors (Lipinski definition) is 4. The number of rotatable bonds is 6. The summed E-state index contributed by atoms with van der Waals surface area (Å²) in [6, 6.07) is 6.65. The van der Waals surface area contributed by atoms with Crippen LogP contribution >= 0.6 is 0 Å². The molecule has 0 bridgehead atoms. The minimum Gasteiger partial charge on any atom is -0.494 e. The summed E-state index contributed by atoms with van der Waals surface area (Å²) in [5.74, 6) is 1.25. The molecule has 0 aliphatic carbocycles. The first kappa shape index (κ1) is 16.3. The molecule has 0 atom stereocenters. The highest BCUT2D eigenvalue weighted by atomic mass is 32.2. The summed E-state index contributed by atoms with van der Waals surface area (Å²) >= 11 is 0. The van der Waals surface area contributed by atoms with Crippen LogP contribution in [0.4, 0.5) is 0 Å². The maximum Gasteiger partial charge on any atom is 0.243 e. The van der Waals surface area contributed by atoms with Crippen molar-refractivity contribution >= 4 is 10.0 Å². The van der Waals surface area contributed by atoms with E-state index in [9.17, 15) is 8.42 Å². The monoisotopic (exact) mass is 312 g/mol. The molecular formula is C15H24N2O3S. The molecule has 1 aromatic rings. The lowest BCUT2D eigenvalue weighted by atomic mass is 9.95. The minimum absolute atomic E-state index is 0.336. The first-order chi connectivity index (χ1) is 10.1. The van der Waals surface area contributed by atoms with Crippen LogP contribution < -0.4 is 10.5 Å². The third-order valence-electron chi connectivity index (χ3n) is 3.92. The fourth-order valence-electron chi connectivity index (χ4n) is 2.70. The van der Waals surface area contributed by atoms with Crippen molar-refractivity contribution in [1.29, 1.82) is 0 Å². The second-order valence-electron chi connectivity index (χ2n) is 5.33. The molecule has 6 heteroatoms. The van der Waals surface area contributed by atoms with Gasteiger partial charge in [0.25, 0.3) is 0 Å². The Bertz CT molecular complexity index is 535. The molecule has 1 heterocycles. The predicted molar refractivity (Wildman–Crippen MR) is 82.8 cm³/mol. The van der Waals surface area contributed by atoms with Gasteiger partial charge in [0.2, 0.25) is 10.0 Å². The molecule has 1 fully saturated rings. The molecule has 118 valence electrons. The first-order valence-electron chi connectivity index (χ1n) is 7.51. The van der Waals surface area contributed by atoms with Gasteiger partial charge in [-0.25, -0.2) is 8.42 Å². The lowest BCUT2D eigenvalue weighted by Gasteiger charge is -2.31. The van der Waals surface area contributed by atoms with Crippen molar-refractivity contribution in [3.8, 4) is 5.75 Å². The van der Waals surface area contributed by atoms with Crippen molar-refractivity contribution in [3.63, 3.8) is 0 Å². The number of nitrogens with zero attached hydrogens (tertiary/aromatic N) is 1. The number of nitrogens with two attached hydrogens (primary N) is 1. The van der Waals surface area contributed by atoms with Crippen LogP contribution in [0, 0.1) is 5.92 Å². The van der Waals surface area contributed by atoms with E-state index in [-0.39, 0.29) is 0 Å². The Morgan fingerprint density at radius 2 is 1.86 bits per heavy atom. The fraction of sp³-hybridized carbons (Fsp3) is 0.600. The molecule has 5 nitrogen and oxygen atoms in total. The molecule has 0 radical (unpaired) electrons. The zero-order valence-electron chi connectivity index (χ0n) is 12.5. The van der Waals surface area contributed by atoms with Gasteiger partial charge in [-0.2, -0.15) is 4.31 Å². The lowest BCUT2D eigenvalue weighted by Crippen LogP contribution is -2.38. The van der Waals surface area contributed by atoms with Gasteiger partial charge in [0.1, 0.15) is 5.75 Å². The fourth-order valence-corrected chi connectivity index (χ4v) is 4.17. The molecule has 0 saturated carbocycles. The standard InChI is InChI=1S/C15H24N2O3S/c1-2-20-14-3-5-15(6-4-14)21(18,19)17-11-8-13(7-10-16)9-12-17/h3-6,13H,2,7-12,16H2,1H3. The molecule has 0 aromatic heterocycles. The summed E-state index contributed by atoms with van der Waals surface area (Å²) in [6.07, 6.45) is 2.78. The third kappa shape index (κ3) is 3.96. The number of ether oxygens (including phenoxy) is 1. The average Bonchev–Trinajstić information content (AvgIpc) is 2.49. The topological polar surface area (TPSA) is 72.6 Å². The van der Waals surface area contributed by atoms with E-state index < -0.39 is 10.0 Å². The van der Waals surface area contributed by atoms with Crippen molar-refractivity contribution in [1.82, 2.24) is 4.31 Å². The summed E-state index contributed by atoms with van der Waals surface area (Å²) in [6.45, 7) is 4.31. The summed E-state index contributed by atoms with van der Waals surface area (Å²) in [5.41, 5.74) is 5.57. The maximum absolute atomic E-state index is 12.6. The Morgan fingerprint density at radius 3 is 2.38 bits per heavy atom. The summed E-state index contributed by atoms with van der Waals surface area (Å²) in [7, 11) is -3.39. The second kappa shape index (κ2) is 7.24. The summed E-state index contributed by atoms with van der Waals surface area (Å²) in [5, 5.41) is 0. The van der Waals surface area contributed by atoms with Crippen LogP contribution in [-0.2, 0) is 10.0 Å². The molecule has 2 rings (SSSR count). The van der Waals surface area contributed by atoms with Crippen LogP contribution in [0.3, 0.4) is 0 Å². The average molecular weight is 312 g/mol. The van der Waals surface area contributed by atoms with E-state index in [0.29, 0.717) is 42.8 Å². The molecule has 1 aliphatic rings. The predicted octanol–water partition coefficient (Wildman–Crippen LogP) is 1.83. The van der Waals surface area contributed by atoms with E-state index >= 15 is 0 Å². The van der Waals surface area contributed by atoms with Gasteiger partial charge < -0.3 is 10.5 Å². The number of piperidine rings is 1. The van der Waals surface area contributed by atoms with Crippen molar-refractivity contribution < 1.29 is 13.2 Å². The van der Waals surface area contributed by atoms with Crippen LogP contribution in [0.15, 0.2) is 29.2 Å². The lowest BCUT2D eigenvalue weighted by molar-refractivity contribution is 0.266. The van der Waals surface area contributed by atoms with Crippen LogP contribution in [0.5, 0.6) is 5.75 Å². The minimum atomic E-state index is -3.39. The van der Waals surface area contributed by atoms with Gasteiger partial charge in [0.15, 0.2) is 0 Å². The van der Waals surface area contributed by atoms with Crippen LogP contribution in [0.2, 0.25) is 0 Å². The maximum atomic E-state index is 12.6. The van der Waals surface area contributed by atoms with Crippen LogP contribution in [0.1, 0.15) is 26.2 Å². The number of benzene rings is 1.